The number of aryl methyl sites for hydroxylation is 1. The molecule has 0 unspecified atom stereocenters. The highest BCUT2D eigenvalue weighted by Crippen LogP contribution is 2.33. The molecule has 1 saturated heterocycles. The number of anilines is 1. The molecule has 4 rings (SSSR count). The van der Waals surface area contributed by atoms with Crippen LogP contribution in [0.1, 0.15) is 29.2 Å². The van der Waals surface area contributed by atoms with E-state index in [-0.39, 0.29) is 5.57 Å². The first-order valence-corrected chi connectivity index (χ1v) is 12.9. The fourth-order valence-electron chi connectivity index (χ4n) is 3.87. The number of carbonyl (C=O) groups excluding carboxylic acids is 3. The number of rotatable bonds is 6. The van der Waals surface area contributed by atoms with Crippen LogP contribution >= 0.6 is 45.8 Å². The first kappa shape index (κ1) is 26.2. The number of hydrogen-bond acceptors (Lipinski definition) is 4. The van der Waals surface area contributed by atoms with Crippen LogP contribution in [0, 0.1) is 10.5 Å². The van der Waals surface area contributed by atoms with Crippen LogP contribution in [0.3, 0.4) is 0 Å². The van der Waals surface area contributed by atoms with E-state index in [1.165, 1.54) is 12.1 Å². The van der Waals surface area contributed by atoms with E-state index in [2.05, 4.69) is 27.9 Å². The molecule has 3 aromatic rings. The maximum atomic E-state index is 13.3. The number of imide groups is 2. The summed E-state index contributed by atoms with van der Waals surface area (Å²) in [5.41, 5.74) is 3.28. The number of halogens is 3. The highest BCUT2D eigenvalue weighted by Gasteiger charge is 2.37. The molecule has 1 aliphatic rings. The van der Waals surface area contributed by atoms with E-state index in [4.69, 9.17) is 27.9 Å². The monoisotopic (exact) mass is 634 g/mol. The van der Waals surface area contributed by atoms with Crippen molar-refractivity contribution in [2.45, 2.75) is 20.3 Å². The number of barbiturate groups is 1. The predicted octanol–water partition coefficient (Wildman–Crippen LogP) is 6.56. The Labute approximate surface area is 232 Å². The minimum absolute atomic E-state index is 0.175. The molecular weight excluding hydrogens is 614 g/mol. The number of nitrogens with zero attached hydrogens (tertiary/aromatic N) is 1. The van der Waals surface area contributed by atoms with Crippen molar-refractivity contribution in [2.75, 3.05) is 11.5 Å². The van der Waals surface area contributed by atoms with Crippen LogP contribution in [0.15, 0.2) is 60.2 Å². The molecule has 1 heterocycles. The fourth-order valence-corrected chi connectivity index (χ4v) is 5.05. The van der Waals surface area contributed by atoms with E-state index in [9.17, 15) is 14.4 Å². The lowest BCUT2D eigenvalue weighted by molar-refractivity contribution is -0.122. The lowest BCUT2D eigenvalue weighted by Crippen LogP contribution is -2.54. The van der Waals surface area contributed by atoms with Gasteiger partial charge in [0.15, 0.2) is 0 Å². The molecule has 36 heavy (non-hydrogen) atoms. The van der Waals surface area contributed by atoms with Gasteiger partial charge in [-0.05, 0) is 89.5 Å². The van der Waals surface area contributed by atoms with Crippen molar-refractivity contribution in [3.63, 3.8) is 0 Å². The van der Waals surface area contributed by atoms with Crippen molar-refractivity contribution < 1.29 is 19.1 Å². The molecule has 0 atom stereocenters. The quantitative estimate of drug-likeness (QED) is 0.189. The number of ether oxygens (including phenoxy) is 1. The molecular formula is C27H21Cl2IN2O4. The van der Waals surface area contributed by atoms with Gasteiger partial charge in [0.2, 0.25) is 0 Å². The van der Waals surface area contributed by atoms with Gasteiger partial charge in [0.05, 0.1) is 12.3 Å². The molecule has 184 valence electrons. The standard InChI is InChI=1S/C27H21Cl2IN2O4/c1-3-36-24-12-16(11-22(30)19(24)13-17-6-4-5-7-21(17)29)10-20-25(33)31-27(35)32(26(20)34)23-14-18(28)9-8-15(23)2/h4-12,14H,3,13H2,1-2H3,(H,31,33,35)/b20-10+. The van der Waals surface area contributed by atoms with Gasteiger partial charge in [-0.2, -0.15) is 0 Å². The number of urea groups is 1. The van der Waals surface area contributed by atoms with E-state index in [0.29, 0.717) is 45.6 Å². The summed E-state index contributed by atoms with van der Waals surface area (Å²) in [5, 5.41) is 3.27. The average molecular weight is 635 g/mol. The second-order valence-corrected chi connectivity index (χ2v) is 10.1. The van der Waals surface area contributed by atoms with Gasteiger partial charge in [-0.25, -0.2) is 9.69 Å². The van der Waals surface area contributed by atoms with Crippen LogP contribution in [-0.2, 0) is 16.0 Å². The molecule has 6 nitrogen and oxygen atoms in total. The van der Waals surface area contributed by atoms with Crippen LogP contribution in [0.2, 0.25) is 10.0 Å². The Morgan fingerprint density at radius 1 is 1.06 bits per heavy atom. The first-order chi connectivity index (χ1) is 17.2. The SMILES string of the molecule is CCOc1cc(/C=C2\C(=O)NC(=O)N(c3cc(Cl)ccc3C)C2=O)cc(I)c1Cc1ccccc1Cl. The largest absolute Gasteiger partial charge is 0.494 e. The van der Waals surface area contributed by atoms with Gasteiger partial charge in [0.25, 0.3) is 11.8 Å². The predicted molar refractivity (Wildman–Crippen MR) is 150 cm³/mol. The van der Waals surface area contributed by atoms with E-state index in [1.807, 2.05) is 37.3 Å². The molecule has 1 aliphatic heterocycles. The minimum Gasteiger partial charge on any atom is -0.494 e. The lowest BCUT2D eigenvalue weighted by atomic mass is 10.0. The summed E-state index contributed by atoms with van der Waals surface area (Å²) in [5.74, 6) is -0.880. The molecule has 1 fully saturated rings. The van der Waals surface area contributed by atoms with Crippen molar-refractivity contribution in [3.8, 4) is 5.75 Å². The van der Waals surface area contributed by atoms with E-state index < -0.39 is 17.8 Å². The molecule has 4 amide bonds. The third kappa shape index (κ3) is 5.43. The number of carbonyl (C=O) groups is 3. The summed E-state index contributed by atoms with van der Waals surface area (Å²) in [6.07, 6.45) is 2.01. The molecule has 1 N–H and O–H groups in total. The number of amides is 4. The lowest BCUT2D eigenvalue weighted by Gasteiger charge is -2.27. The maximum Gasteiger partial charge on any atom is 0.335 e. The summed E-state index contributed by atoms with van der Waals surface area (Å²) >= 11 is 14.7. The third-order valence-corrected chi connectivity index (χ3v) is 7.19. The van der Waals surface area contributed by atoms with E-state index in [1.54, 1.807) is 25.1 Å². The van der Waals surface area contributed by atoms with Crippen LogP contribution in [0.5, 0.6) is 5.75 Å². The molecule has 9 heteroatoms. The summed E-state index contributed by atoms with van der Waals surface area (Å²) < 4.78 is 6.79. The molecule has 0 saturated carbocycles. The van der Waals surface area contributed by atoms with Crippen LogP contribution in [0.25, 0.3) is 6.08 Å². The van der Waals surface area contributed by atoms with Gasteiger partial charge in [-0.1, -0.05) is 47.5 Å². The third-order valence-electron chi connectivity index (χ3n) is 5.63. The van der Waals surface area contributed by atoms with Crippen molar-refractivity contribution >= 4 is 75.4 Å². The summed E-state index contributed by atoms with van der Waals surface area (Å²) in [6.45, 7) is 4.06. The second-order valence-electron chi connectivity index (χ2n) is 8.07. The summed E-state index contributed by atoms with van der Waals surface area (Å²) in [7, 11) is 0. The summed E-state index contributed by atoms with van der Waals surface area (Å²) in [6, 6.07) is 15.3. The normalized spacial score (nSPS) is 14.9. The number of hydrogen-bond donors (Lipinski definition) is 1. The van der Waals surface area contributed by atoms with E-state index in [0.717, 1.165) is 19.6 Å². The molecule has 3 aromatic carbocycles. The van der Waals surface area contributed by atoms with Crippen LogP contribution in [0.4, 0.5) is 10.5 Å². The number of benzene rings is 3. The smallest absolute Gasteiger partial charge is 0.335 e. The molecule has 0 aliphatic carbocycles. The second kappa shape index (κ2) is 11.0. The zero-order chi connectivity index (χ0) is 26.0. The molecule has 0 spiro atoms. The minimum atomic E-state index is -0.827. The Bertz CT molecular complexity index is 1420. The van der Waals surface area contributed by atoms with Crippen LogP contribution < -0.4 is 15.0 Å². The van der Waals surface area contributed by atoms with Gasteiger partial charge in [-0.15, -0.1) is 0 Å². The Kier molecular flexibility index (Phi) is 8.02. The van der Waals surface area contributed by atoms with Crippen molar-refractivity contribution in [3.05, 3.63) is 96.0 Å². The Balaban J connectivity index is 1.75. The van der Waals surface area contributed by atoms with Gasteiger partial charge in [0.1, 0.15) is 11.3 Å². The Morgan fingerprint density at radius 2 is 1.81 bits per heavy atom. The fraction of sp³-hybridized carbons (Fsp3) is 0.148. The summed E-state index contributed by atoms with van der Waals surface area (Å²) in [4.78, 5) is 39.5. The first-order valence-electron chi connectivity index (χ1n) is 11.1. The molecule has 0 bridgehead atoms. The average Bonchev–Trinajstić information content (AvgIpc) is 2.82. The Morgan fingerprint density at radius 3 is 2.53 bits per heavy atom. The molecule has 0 aromatic heterocycles. The maximum absolute atomic E-state index is 13.3. The van der Waals surface area contributed by atoms with Gasteiger partial charge in [-0.3, -0.25) is 14.9 Å². The van der Waals surface area contributed by atoms with Crippen molar-refractivity contribution in [1.82, 2.24) is 5.32 Å². The Hall–Kier alpha value is -2.88. The number of nitrogens with one attached hydrogen (secondary N) is 1. The van der Waals surface area contributed by atoms with Crippen molar-refractivity contribution in [1.29, 1.82) is 0 Å². The van der Waals surface area contributed by atoms with Crippen molar-refractivity contribution in [2.24, 2.45) is 0 Å². The zero-order valence-corrected chi connectivity index (χ0v) is 23.1. The van der Waals surface area contributed by atoms with Gasteiger partial charge in [0, 0.05) is 25.6 Å². The van der Waals surface area contributed by atoms with Crippen LogP contribution in [-0.4, -0.2) is 24.5 Å². The van der Waals surface area contributed by atoms with Gasteiger partial charge >= 0.3 is 6.03 Å². The van der Waals surface area contributed by atoms with E-state index >= 15 is 0 Å². The molecule has 0 radical (unpaired) electrons. The zero-order valence-electron chi connectivity index (χ0n) is 19.4. The highest BCUT2D eigenvalue weighted by atomic mass is 127. The topological polar surface area (TPSA) is 75.7 Å². The highest BCUT2D eigenvalue weighted by molar-refractivity contribution is 14.1. The van der Waals surface area contributed by atoms with Gasteiger partial charge < -0.3 is 4.74 Å².